The Hall–Kier alpha value is -0.820. The minimum absolute atomic E-state index is 0.456. The molecule has 1 aliphatic carbocycles. The molecule has 1 heteroatoms. The van der Waals surface area contributed by atoms with E-state index in [1.54, 1.807) is 0 Å². The first kappa shape index (κ1) is 13.6. The van der Waals surface area contributed by atoms with Crippen molar-refractivity contribution in [2.75, 3.05) is 0 Å². The third-order valence-corrected chi connectivity index (χ3v) is 4.63. The molecule has 1 nitrogen and oxygen atoms in total. The predicted octanol–water partition coefficient (Wildman–Crippen LogP) is 4.36. The number of aryl methyl sites for hydroxylation is 2. The number of hydrogen-bond acceptors (Lipinski definition) is 1. The number of nitrogens with one attached hydrogen (secondary N) is 1. The van der Waals surface area contributed by atoms with Gasteiger partial charge >= 0.3 is 0 Å². The molecule has 0 aromatic heterocycles. The fourth-order valence-electron chi connectivity index (χ4n) is 3.03. The zero-order chi connectivity index (χ0) is 13.2. The molecule has 1 saturated carbocycles. The molecule has 1 aromatic carbocycles. The molecule has 0 saturated heterocycles. The lowest BCUT2D eigenvalue weighted by molar-refractivity contribution is 0.167. The molecule has 18 heavy (non-hydrogen) atoms. The molecule has 2 rings (SSSR count). The number of rotatable bonds is 3. The molecule has 1 aliphatic rings. The lowest BCUT2D eigenvalue weighted by Crippen LogP contribution is -2.43. The van der Waals surface area contributed by atoms with E-state index < -0.39 is 0 Å². The standard InChI is InChI=1S/C17H27N/c1-13-8-9-15(11-14(13)2)12-18-16-7-5-6-10-17(16,3)4/h8-9,11,16,18H,5-7,10,12H2,1-4H3. The summed E-state index contributed by atoms with van der Waals surface area (Å²) in [7, 11) is 0. The zero-order valence-corrected chi connectivity index (χ0v) is 12.3. The molecule has 0 spiro atoms. The van der Waals surface area contributed by atoms with E-state index in [0.29, 0.717) is 11.5 Å². The van der Waals surface area contributed by atoms with Crippen LogP contribution in [0.25, 0.3) is 0 Å². The molecule has 1 aromatic rings. The van der Waals surface area contributed by atoms with E-state index in [9.17, 15) is 0 Å². The molecule has 1 unspecified atom stereocenters. The summed E-state index contributed by atoms with van der Waals surface area (Å²) in [4.78, 5) is 0. The zero-order valence-electron chi connectivity index (χ0n) is 12.3. The number of hydrogen-bond donors (Lipinski definition) is 1. The van der Waals surface area contributed by atoms with Crippen molar-refractivity contribution in [1.29, 1.82) is 0 Å². The fraction of sp³-hybridized carbons (Fsp3) is 0.647. The molecule has 0 heterocycles. The summed E-state index contributed by atoms with van der Waals surface area (Å²) in [5.41, 5.74) is 4.66. The Kier molecular flexibility index (Phi) is 4.11. The van der Waals surface area contributed by atoms with E-state index in [2.05, 4.69) is 51.2 Å². The maximum Gasteiger partial charge on any atom is 0.0208 e. The van der Waals surface area contributed by atoms with Crippen LogP contribution < -0.4 is 5.32 Å². The van der Waals surface area contributed by atoms with Crippen molar-refractivity contribution in [1.82, 2.24) is 5.32 Å². The van der Waals surface area contributed by atoms with Crippen LogP contribution in [0, 0.1) is 19.3 Å². The second kappa shape index (κ2) is 5.44. The second-order valence-corrected chi connectivity index (χ2v) is 6.59. The van der Waals surface area contributed by atoms with Crippen LogP contribution in [0.4, 0.5) is 0 Å². The van der Waals surface area contributed by atoms with Crippen molar-refractivity contribution in [2.24, 2.45) is 5.41 Å². The summed E-state index contributed by atoms with van der Waals surface area (Å²) in [6.07, 6.45) is 5.47. The molecule has 1 N–H and O–H groups in total. The summed E-state index contributed by atoms with van der Waals surface area (Å²) >= 11 is 0. The van der Waals surface area contributed by atoms with Gasteiger partial charge in [-0.1, -0.05) is 44.9 Å². The van der Waals surface area contributed by atoms with Crippen LogP contribution in [0.3, 0.4) is 0 Å². The van der Waals surface area contributed by atoms with Crippen LogP contribution in [0.15, 0.2) is 18.2 Å². The van der Waals surface area contributed by atoms with Crippen LogP contribution >= 0.6 is 0 Å². The molecular weight excluding hydrogens is 218 g/mol. The first-order chi connectivity index (χ1) is 8.49. The third kappa shape index (κ3) is 3.14. The van der Waals surface area contributed by atoms with Crippen molar-refractivity contribution >= 4 is 0 Å². The lowest BCUT2D eigenvalue weighted by Gasteiger charge is -2.39. The van der Waals surface area contributed by atoms with Gasteiger partial charge in [-0.15, -0.1) is 0 Å². The van der Waals surface area contributed by atoms with E-state index in [4.69, 9.17) is 0 Å². The van der Waals surface area contributed by atoms with Crippen molar-refractivity contribution in [3.63, 3.8) is 0 Å². The Morgan fingerprint density at radius 1 is 1.17 bits per heavy atom. The summed E-state index contributed by atoms with van der Waals surface area (Å²) in [6, 6.07) is 7.48. The summed E-state index contributed by atoms with van der Waals surface area (Å²) < 4.78 is 0. The molecule has 1 atom stereocenters. The average Bonchev–Trinajstić information content (AvgIpc) is 2.31. The van der Waals surface area contributed by atoms with Crippen LogP contribution in [-0.2, 0) is 6.54 Å². The molecule has 0 bridgehead atoms. The van der Waals surface area contributed by atoms with Gasteiger partial charge in [-0.05, 0) is 48.8 Å². The highest BCUT2D eigenvalue weighted by Gasteiger charge is 2.31. The highest BCUT2D eigenvalue weighted by molar-refractivity contribution is 5.29. The molecule has 100 valence electrons. The number of benzene rings is 1. The largest absolute Gasteiger partial charge is 0.309 e. The summed E-state index contributed by atoms with van der Waals surface area (Å²) in [5.74, 6) is 0. The summed E-state index contributed by atoms with van der Waals surface area (Å²) in [5, 5.41) is 3.77. The molecule has 0 aliphatic heterocycles. The van der Waals surface area contributed by atoms with Gasteiger partial charge in [-0.2, -0.15) is 0 Å². The molecule has 1 fully saturated rings. The fourth-order valence-corrected chi connectivity index (χ4v) is 3.03. The lowest BCUT2D eigenvalue weighted by atomic mass is 9.73. The van der Waals surface area contributed by atoms with Gasteiger partial charge in [-0.25, -0.2) is 0 Å². The van der Waals surface area contributed by atoms with Crippen molar-refractivity contribution in [2.45, 2.75) is 66.0 Å². The SMILES string of the molecule is Cc1ccc(CNC2CCCCC2(C)C)cc1C. The summed E-state index contributed by atoms with van der Waals surface area (Å²) in [6.45, 7) is 10.2. The quantitative estimate of drug-likeness (QED) is 0.834. The minimum atomic E-state index is 0.456. The average molecular weight is 245 g/mol. The van der Waals surface area contributed by atoms with E-state index in [1.807, 2.05) is 0 Å². The van der Waals surface area contributed by atoms with Gasteiger partial charge in [-0.3, -0.25) is 0 Å². The van der Waals surface area contributed by atoms with Crippen molar-refractivity contribution in [3.05, 3.63) is 34.9 Å². The van der Waals surface area contributed by atoms with Crippen molar-refractivity contribution < 1.29 is 0 Å². The van der Waals surface area contributed by atoms with Crippen LogP contribution in [0.5, 0.6) is 0 Å². The van der Waals surface area contributed by atoms with E-state index in [-0.39, 0.29) is 0 Å². The van der Waals surface area contributed by atoms with Crippen molar-refractivity contribution in [3.8, 4) is 0 Å². The maximum absolute atomic E-state index is 3.77. The van der Waals surface area contributed by atoms with Gasteiger partial charge in [0.1, 0.15) is 0 Å². The Labute approximate surface area is 112 Å². The Balaban J connectivity index is 1.96. The second-order valence-electron chi connectivity index (χ2n) is 6.59. The Morgan fingerprint density at radius 2 is 1.94 bits per heavy atom. The Morgan fingerprint density at radius 3 is 2.61 bits per heavy atom. The maximum atomic E-state index is 3.77. The van der Waals surface area contributed by atoms with Gasteiger partial charge in [0, 0.05) is 12.6 Å². The van der Waals surface area contributed by atoms with Gasteiger partial charge in [0.2, 0.25) is 0 Å². The molecular formula is C17H27N. The van der Waals surface area contributed by atoms with Gasteiger partial charge < -0.3 is 5.32 Å². The normalized spacial score (nSPS) is 23.0. The first-order valence-electron chi connectivity index (χ1n) is 7.28. The smallest absolute Gasteiger partial charge is 0.0208 e. The topological polar surface area (TPSA) is 12.0 Å². The van der Waals surface area contributed by atoms with Gasteiger partial charge in [0.25, 0.3) is 0 Å². The van der Waals surface area contributed by atoms with Crippen LogP contribution in [0.1, 0.15) is 56.2 Å². The van der Waals surface area contributed by atoms with E-state index >= 15 is 0 Å². The molecule has 0 amide bonds. The van der Waals surface area contributed by atoms with Crippen LogP contribution in [0.2, 0.25) is 0 Å². The first-order valence-corrected chi connectivity index (χ1v) is 7.28. The predicted molar refractivity (Wildman–Crippen MR) is 78.8 cm³/mol. The Bertz CT molecular complexity index is 406. The highest BCUT2D eigenvalue weighted by Crippen LogP contribution is 2.35. The molecule has 0 radical (unpaired) electrons. The van der Waals surface area contributed by atoms with Gasteiger partial charge in [0.05, 0.1) is 0 Å². The van der Waals surface area contributed by atoms with Crippen LogP contribution in [-0.4, -0.2) is 6.04 Å². The highest BCUT2D eigenvalue weighted by atomic mass is 14.9. The van der Waals surface area contributed by atoms with Gasteiger partial charge in [0.15, 0.2) is 0 Å². The monoisotopic (exact) mass is 245 g/mol. The van der Waals surface area contributed by atoms with E-state index in [1.165, 1.54) is 42.4 Å². The minimum Gasteiger partial charge on any atom is -0.309 e. The third-order valence-electron chi connectivity index (χ3n) is 4.63. The van der Waals surface area contributed by atoms with E-state index in [0.717, 1.165) is 6.54 Å².